The number of hydrogen-bond acceptors (Lipinski definition) is 6. The zero-order chi connectivity index (χ0) is 20.6. The van der Waals surface area contributed by atoms with Gasteiger partial charge < -0.3 is 10.1 Å². The van der Waals surface area contributed by atoms with Gasteiger partial charge in [-0.25, -0.2) is 0 Å². The summed E-state index contributed by atoms with van der Waals surface area (Å²) in [6.07, 6.45) is 5.20. The number of allylic oxidation sites excluding steroid dienone is 1. The van der Waals surface area contributed by atoms with E-state index in [0.717, 1.165) is 17.0 Å². The molecular formula is C21H23N5O2S. The van der Waals surface area contributed by atoms with Crippen LogP contribution in [-0.2, 0) is 11.3 Å². The lowest BCUT2D eigenvalue weighted by atomic mass is 10.2. The number of nitrogens with zero attached hydrogens (tertiary/aromatic N) is 4. The molecule has 2 heterocycles. The van der Waals surface area contributed by atoms with Gasteiger partial charge in [-0.2, -0.15) is 0 Å². The van der Waals surface area contributed by atoms with Gasteiger partial charge in [0.25, 0.3) is 0 Å². The largest absolute Gasteiger partial charge is 0.494 e. The third-order valence-corrected chi connectivity index (χ3v) is 5.13. The Morgan fingerprint density at radius 3 is 2.62 bits per heavy atom. The van der Waals surface area contributed by atoms with Crippen LogP contribution in [0.3, 0.4) is 0 Å². The Kier molecular flexibility index (Phi) is 7.02. The van der Waals surface area contributed by atoms with Crippen LogP contribution in [0.4, 0.5) is 5.69 Å². The number of nitrogens with one attached hydrogen (secondary N) is 1. The van der Waals surface area contributed by atoms with Crippen LogP contribution in [0.15, 0.2) is 66.6 Å². The highest BCUT2D eigenvalue weighted by molar-refractivity contribution is 8.00. The maximum atomic E-state index is 12.6. The van der Waals surface area contributed by atoms with Crippen LogP contribution in [0.1, 0.15) is 13.8 Å². The molecule has 0 saturated heterocycles. The van der Waals surface area contributed by atoms with Gasteiger partial charge >= 0.3 is 0 Å². The molecule has 2 aromatic heterocycles. The SMILES string of the molecule is C=CCn1c(S[C@H](C)C(=O)Nc2ccc(OCC)cc2)nnc1-c1ccncc1. The van der Waals surface area contributed by atoms with Crippen LogP contribution in [-0.4, -0.2) is 37.5 Å². The first-order valence-corrected chi connectivity index (χ1v) is 10.1. The second-order valence-electron chi connectivity index (χ2n) is 6.15. The monoisotopic (exact) mass is 409 g/mol. The van der Waals surface area contributed by atoms with Crippen molar-refractivity contribution in [1.82, 2.24) is 19.7 Å². The van der Waals surface area contributed by atoms with E-state index in [0.29, 0.717) is 24.1 Å². The van der Waals surface area contributed by atoms with Crippen LogP contribution in [0.2, 0.25) is 0 Å². The standard InChI is InChI=1S/C21H23N5O2S/c1-4-14-26-19(16-10-12-22-13-11-16)24-25-21(26)29-15(3)20(27)23-17-6-8-18(9-7-17)28-5-2/h4,6-13,15H,1,5,14H2,2-3H3,(H,23,27)/t15-/m1/s1. The number of ether oxygens (including phenoxy) is 1. The molecule has 7 nitrogen and oxygen atoms in total. The highest BCUT2D eigenvalue weighted by atomic mass is 32.2. The quantitative estimate of drug-likeness (QED) is 0.424. The molecule has 1 aromatic carbocycles. The number of aromatic nitrogens is 4. The molecule has 0 radical (unpaired) electrons. The number of thioether (sulfide) groups is 1. The van der Waals surface area contributed by atoms with E-state index in [-0.39, 0.29) is 11.2 Å². The molecular weight excluding hydrogens is 386 g/mol. The predicted molar refractivity (Wildman–Crippen MR) is 115 cm³/mol. The Morgan fingerprint density at radius 2 is 1.97 bits per heavy atom. The third kappa shape index (κ3) is 5.23. The van der Waals surface area contributed by atoms with Crippen molar-refractivity contribution in [2.24, 2.45) is 0 Å². The first-order chi connectivity index (χ1) is 14.1. The van der Waals surface area contributed by atoms with Gasteiger partial charge in [-0.05, 0) is 50.2 Å². The van der Waals surface area contributed by atoms with Crippen LogP contribution >= 0.6 is 11.8 Å². The maximum absolute atomic E-state index is 12.6. The summed E-state index contributed by atoms with van der Waals surface area (Å²) in [6, 6.07) is 11.1. The van der Waals surface area contributed by atoms with E-state index < -0.39 is 0 Å². The number of carbonyl (C=O) groups excluding carboxylic acids is 1. The van der Waals surface area contributed by atoms with Crippen molar-refractivity contribution in [3.8, 4) is 17.1 Å². The first kappa shape index (κ1) is 20.6. The van der Waals surface area contributed by atoms with E-state index in [1.165, 1.54) is 11.8 Å². The van der Waals surface area contributed by atoms with E-state index in [9.17, 15) is 4.79 Å². The molecule has 150 valence electrons. The summed E-state index contributed by atoms with van der Waals surface area (Å²) in [5.41, 5.74) is 1.63. The summed E-state index contributed by atoms with van der Waals surface area (Å²) >= 11 is 1.35. The molecule has 0 saturated carbocycles. The van der Waals surface area contributed by atoms with E-state index in [1.54, 1.807) is 18.5 Å². The number of rotatable bonds is 9. The van der Waals surface area contributed by atoms with Crippen molar-refractivity contribution >= 4 is 23.4 Å². The van der Waals surface area contributed by atoms with Crippen molar-refractivity contribution in [3.63, 3.8) is 0 Å². The lowest BCUT2D eigenvalue weighted by Crippen LogP contribution is -2.23. The Bertz CT molecular complexity index is 957. The number of benzene rings is 1. The van der Waals surface area contributed by atoms with E-state index >= 15 is 0 Å². The molecule has 0 aliphatic rings. The van der Waals surface area contributed by atoms with Gasteiger partial charge in [-0.1, -0.05) is 17.8 Å². The van der Waals surface area contributed by atoms with Crippen LogP contribution in [0.25, 0.3) is 11.4 Å². The molecule has 8 heteroatoms. The lowest BCUT2D eigenvalue weighted by Gasteiger charge is -2.13. The fraction of sp³-hybridized carbons (Fsp3) is 0.238. The fourth-order valence-corrected chi connectivity index (χ4v) is 3.50. The van der Waals surface area contributed by atoms with Crippen LogP contribution in [0.5, 0.6) is 5.75 Å². The molecule has 3 rings (SSSR count). The molecule has 3 aromatic rings. The Labute approximate surface area is 174 Å². The maximum Gasteiger partial charge on any atom is 0.237 e. The Morgan fingerprint density at radius 1 is 1.24 bits per heavy atom. The molecule has 0 fully saturated rings. The summed E-state index contributed by atoms with van der Waals surface area (Å²) < 4.78 is 7.36. The van der Waals surface area contributed by atoms with Crippen molar-refractivity contribution in [1.29, 1.82) is 0 Å². The number of amides is 1. The molecule has 0 unspecified atom stereocenters. The summed E-state index contributed by atoms with van der Waals surface area (Å²) in [4.78, 5) is 16.7. The van der Waals surface area contributed by atoms with Gasteiger partial charge in [-0.15, -0.1) is 16.8 Å². The van der Waals surface area contributed by atoms with Gasteiger partial charge in [0, 0.05) is 30.2 Å². The van der Waals surface area contributed by atoms with Gasteiger partial charge in [0.2, 0.25) is 5.91 Å². The van der Waals surface area contributed by atoms with Gasteiger partial charge in [0.05, 0.1) is 11.9 Å². The lowest BCUT2D eigenvalue weighted by molar-refractivity contribution is -0.115. The summed E-state index contributed by atoms with van der Waals surface area (Å²) in [6.45, 7) is 8.73. The van der Waals surface area contributed by atoms with E-state index in [1.807, 2.05) is 54.8 Å². The van der Waals surface area contributed by atoms with Crippen molar-refractivity contribution in [3.05, 3.63) is 61.4 Å². The van der Waals surface area contributed by atoms with Crippen molar-refractivity contribution < 1.29 is 9.53 Å². The van der Waals surface area contributed by atoms with Crippen LogP contribution < -0.4 is 10.1 Å². The molecule has 1 N–H and O–H groups in total. The van der Waals surface area contributed by atoms with Gasteiger partial charge in [-0.3, -0.25) is 14.3 Å². The number of hydrogen-bond donors (Lipinski definition) is 1. The summed E-state index contributed by atoms with van der Waals surface area (Å²) in [5.74, 6) is 1.38. The van der Waals surface area contributed by atoms with Gasteiger partial charge in [0.1, 0.15) is 5.75 Å². The average molecular weight is 410 g/mol. The molecule has 0 bridgehead atoms. The molecule has 1 atom stereocenters. The fourth-order valence-electron chi connectivity index (χ4n) is 2.64. The Hall–Kier alpha value is -3.13. The zero-order valence-electron chi connectivity index (χ0n) is 16.4. The molecule has 0 spiro atoms. The first-order valence-electron chi connectivity index (χ1n) is 9.27. The summed E-state index contributed by atoms with van der Waals surface area (Å²) in [7, 11) is 0. The topological polar surface area (TPSA) is 81.9 Å². The smallest absolute Gasteiger partial charge is 0.237 e. The second-order valence-corrected chi connectivity index (χ2v) is 7.46. The average Bonchev–Trinajstić information content (AvgIpc) is 3.13. The zero-order valence-corrected chi connectivity index (χ0v) is 17.2. The molecule has 29 heavy (non-hydrogen) atoms. The Balaban J connectivity index is 1.71. The highest BCUT2D eigenvalue weighted by Crippen LogP contribution is 2.27. The third-order valence-electron chi connectivity index (χ3n) is 4.05. The van der Waals surface area contributed by atoms with Crippen molar-refractivity contribution in [2.45, 2.75) is 30.8 Å². The molecule has 0 aliphatic carbocycles. The normalized spacial score (nSPS) is 11.7. The minimum Gasteiger partial charge on any atom is -0.494 e. The minimum absolute atomic E-state index is 0.113. The minimum atomic E-state index is -0.361. The second kappa shape index (κ2) is 9.88. The summed E-state index contributed by atoms with van der Waals surface area (Å²) in [5, 5.41) is 11.8. The van der Waals surface area contributed by atoms with Crippen molar-refractivity contribution in [2.75, 3.05) is 11.9 Å². The molecule has 0 aliphatic heterocycles. The molecule has 1 amide bonds. The van der Waals surface area contributed by atoms with Gasteiger partial charge in [0.15, 0.2) is 11.0 Å². The number of pyridine rings is 1. The predicted octanol–water partition coefficient (Wildman–Crippen LogP) is 4.04. The van der Waals surface area contributed by atoms with Crippen LogP contribution in [0, 0.1) is 0 Å². The number of anilines is 1. The highest BCUT2D eigenvalue weighted by Gasteiger charge is 2.20. The van der Waals surface area contributed by atoms with E-state index in [2.05, 4.69) is 27.1 Å². The van der Waals surface area contributed by atoms with E-state index in [4.69, 9.17) is 4.74 Å². The number of carbonyl (C=O) groups is 1.